The Morgan fingerprint density at radius 1 is 1.28 bits per heavy atom. The van der Waals surface area contributed by atoms with Gasteiger partial charge in [-0.05, 0) is 31.0 Å². The van der Waals surface area contributed by atoms with Gasteiger partial charge in [-0.15, -0.1) is 0 Å². The van der Waals surface area contributed by atoms with Crippen molar-refractivity contribution in [1.82, 2.24) is 24.1 Å². The van der Waals surface area contributed by atoms with E-state index in [1.165, 1.54) is 25.7 Å². The Labute approximate surface area is 154 Å². The molecule has 0 radical (unpaired) electrons. The van der Waals surface area contributed by atoms with Crippen molar-refractivity contribution in [3.8, 4) is 0 Å². The molecule has 140 valence electrons. The monoisotopic (exact) mass is 367 g/mol. The largest absolute Gasteiger partial charge is 0.383 e. The lowest BCUT2D eigenvalue weighted by Crippen LogP contribution is -2.49. The first-order chi connectivity index (χ1) is 12.2. The van der Waals surface area contributed by atoms with E-state index in [9.17, 15) is 4.79 Å². The molecule has 2 heterocycles. The number of rotatable bonds is 7. The molecule has 0 aromatic carbocycles. The Balaban J connectivity index is 1.45. The van der Waals surface area contributed by atoms with Crippen LogP contribution < -0.4 is 0 Å². The molecule has 1 amide bonds. The molecule has 1 aromatic heterocycles. The topological polar surface area (TPSA) is 55.5 Å². The molecule has 0 bridgehead atoms. The Morgan fingerprint density at radius 2 is 2.00 bits per heavy atom. The van der Waals surface area contributed by atoms with Crippen LogP contribution in [0.4, 0.5) is 0 Å². The molecule has 1 saturated heterocycles. The SMILES string of the molecule is COCCn1cnn(CN2CCN(C(=O)CC3CCCC3)CC2)c1=S. The molecule has 1 saturated carbocycles. The molecule has 25 heavy (non-hydrogen) atoms. The number of nitrogens with zero attached hydrogens (tertiary/aromatic N) is 5. The molecule has 1 aliphatic carbocycles. The number of carbonyl (C=O) groups is 1. The molecule has 0 spiro atoms. The van der Waals surface area contributed by atoms with E-state index in [0.29, 0.717) is 25.1 Å². The highest BCUT2D eigenvalue weighted by Crippen LogP contribution is 2.28. The first kappa shape index (κ1) is 18.5. The van der Waals surface area contributed by atoms with E-state index in [0.717, 1.165) is 43.9 Å². The number of hydrogen-bond donors (Lipinski definition) is 0. The molecule has 3 rings (SSSR count). The molecule has 1 aliphatic heterocycles. The average Bonchev–Trinajstić information content (AvgIpc) is 3.25. The first-order valence-electron chi connectivity index (χ1n) is 9.28. The van der Waals surface area contributed by atoms with Gasteiger partial charge in [-0.2, -0.15) is 5.10 Å². The second-order valence-electron chi connectivity index (χ2n) is 7.09. The van der Waals surface area contributed by atoms with Gasteiger partial charge in [0.05, 0.1) is 13.3 Å². The van der Waals surface area contributed by atoms with E-state index in [1.807, 2.05) is 14.1 Å². The van der Waals surface area contributed by atoms with Crippen molar-refractivity contribution in [3.05, 3.63) is 11.1 Å². The highest BCUT2D eigenvalue weighted by Gasteiger charge is 2.25. The molecule has 0 unspecified atom stereocenters. The van der Waals surface area contributed by atoms with Crippen LogP contribution in [-0.2, 0) is 22.7 Å². The Hall–Kier alpha value is -1.25. The maximum atomic E-state index is 12.4. The predicted octanol–water partition coefficient (Wildman–Crippen LogP) is 1.74. The molecule has 1 aromatic rings. The van der Waals surface area contributed by atoms with Crippen molar-refractivity contribution >= 4 is 18.1 Å². The van der Waals surface area contributed by atoms with E-state index in [1.54, 1.807) is 13.4 Å². The normalized spacial score (nSPS) is 19.6. The molecule has 0 N–H and O–H groups in total. The first-order valence-corrected chi connectivity index (χ1v) is 9.69. The third-order valence-electron chi connectivity index (χ3n) is 5.33. The van der Waals surface area contributed by atoms with Gasteiger partial charge in [0.1, 0.15) is 6.33 Å². The fourth-order valence-electron chi connectivity index (χ4n) is 3.73. The minimum atomic E-state index is 0.340. The summed E-state index contributed by atoms with van der Waals surface area (Å²) in [4.78, 5) is 16.8. The standard InChI is InChI=1S/C17H29N5O2S/c1-24-11-10-21-13-18-22(17(21)25)14-19-6-8-20(9-7-19)16(23)12-15-4-2-3-5-15/h13,15H,2-12,14H2,1H3. The van der Waals surface area contributed by atoms with Gasteiger partial charge in [0, 0.05) is 46.3 Å². The lowest BCUT2D eigenvalue weighted by Gasteiger charge is -2.35. The zero-order valence-electron chi connectivity index (χ0n) is 15.1. The molecule has 2 aliphatic rings. The number of ether oxygens (including phenoxy) is 1. The van der Waals surface area contributed by atoms with E-state index in [4.69, 9.17) is 17.0 Å². The summed E-state index contributed by atoms with van der Waals surface area (Å²) in [5.74, 6) is 0.965. The number of piperazine rings is 1. The summed E-state index contributed by atoms with van der Waals surface area (Å²) in [6, 6.07) is 0. The van der Waals surface area contributed by atoms with Gasteiger partial charge in [0.15, 0.2) is 4.77 Å². The zero-order chi connectivity index (χ0) is 17.6. The fraction of sp³-hybridized carbons (Fsp3) is 0.824. The third kappa shape index (κ3) is 4.89. The third-order valence-corrected chi connectivity index (χ3v) is 5.78. The van der Waals surface area contributed by atoms with Crippen molar-refractivity contribution in [3.63, 3.8) is 0 Å². The molecule has 7 nitrogen and oxygen atoms in total. The van der Waals surface area contributed by atoms with Crippen LogP contribution in [0, 0.1) is 10.7 Å². The lowest BCUT2D eigenvalue weighted by molar-refractivity contribution is -0.134. The van der Waals surface area contributed by atoms with Crippen LogP contribution >= 0.6 is 12.2 Å². The Bertz CT molecular complexity index is 615. The van der Waals surface area contributed by atoms with E-state index >= 15 is 0 Å². The summed E-state index contributed by atoms with van der Waals surface area (Å²) in [5, 5.41) is 4.38. The summed E-state index contributed by atoms with van der Waals surface area (Å²) >= 11 is 5.47. The smallest absolute Gasteiger partial charge is 0.222 e. The van der Waals surface area contributed by atoms with E-state index < -0.39 is 0 Å². The molecular formula is C17H29N5O2S. The molecule has 2 fully saturated rings. The van der Waals surface area contributed by atoms with Crippen LogP contribution in [0.5, 0.6) is 0 Å². The van der Waals surface area contributed by atoms with Gasteiger partial charge >= 0.3 is 0 Å². The quantitative estimate of drug-likeness (QED) is 0.687. The van der Waals surface area contributed by atoms with Gasteiger partial charge in [-0.3, -0.25) is 9.69 Å². The van der Waals surface area contributed by atoms with Crippen molar-refractivity contribution in [2.75, 3.05) is 39.9 Å². The van der Waals surface area contributed by atoms with Gasteiger partial charge in [0.25, 0.3) is 0 Å². The highest BCUT2D eigenvalue weighted by molar-refractivity contribution is 7.71. The molecule has 0 atom stereocenters. The van der Waals surface area contributed by atoms with Crippen LogP contribution in [0.3, 0.4) is 0 Å². The van der Waals surface area contributed by atoms with Crippen molar-refractivity contribution in [1.29, 1.82) is 0 Å². The maximum absolute atomic E-state index is 12.4. The van der Waals surface area contributed by atoms with Gasteiger partial charge < -0.3 is 14.2 Å². The van der Waals surface area contributed by atoms with Crippen molar-refractivity contribution in [2.24, 2.45) is 5.92 Å². The van der Waals surface area contributed by atoms with Crippen LogP contribution in [0.2, 0.25) is 0 Å². The average molecular weight is 368 g/mol. The van der Waals surface area contributed by atoms with Gasteiger partial charge in [0.2, 0.25) is 5.91 Å². The number of carbonyl (C=O) groups excluding carboxylic acids is 1. The van der Waals surface area contributed by atoms with E-state index in [-0.39, 0.29) is 0 Å². The minimum Gasteiger partial charge on any atom is -0.383 e. The molecular weight excluding hydrogens is 338 g/mol. The summed E-state index contributed by atoms with van der Waals surface area (Å²) in [5.41, 5.74) is 0. The van der Waals surface area contributed by atoms with Gasteiger partial charge in [-0.1, -0.05) is 12.8 Å². The number of hydrogen-bond acceptors (Lipinski definition) is 5. The fourth-order valence-corrected chi connectivity index (χ4v) is 3.97. The van der Waals surface area contributed by atoms with Crippen LogP contribution in [-0.4, -0.2) is 70.0 Å². The number of methoxy groups -OCH3 is 1. The maximum Gasteiger partial charge on any atom is 0.222 e. The Kier molecular flexibility index (Phi) is 6.61. The number of aromatic nitrogens is 3. The van der Waals surface area contributed by atoms with Gasteiger partial charge in [-0.25, -0.2) is 4.68 Å². The Morgan fingerprint density at radius 3 is 2.68 bits per heavy atom. The lowest BCUT2D eigenvalue weighted by atomic mass is 10.0. The summed E-state index contributed by atoms with van der Waals surface area (Å²) in [6.07, 6.45) is 7.57. The summed E-state index contributed by atoms with van der Waals surface area (Å²) in [6.45, 7) is 5.41. The predicted molar refractivity (Wildman–Crippen MR) is 97.7 cm³/mol. The summed E-state index contributed by atoms with van der Waals surface area (Å²) in [7, 11) is 1.68. The summed E-state index contributed by atoms with van der Waals surface area (Å²) < 4.78 is 9.59. The van der Waals surface area contributed by atoms with E-state index in [2.05, 4.69) is 10.00 Å². The van der Waals surface area contributed by atoms with Crippen molar-refractivity contribution in [2.45, 2.75) is 45.3 Å². The molecule has 8 heteroatoms. The second-order valence-corrected chi connectivity index (χ2v) is 7.46. The minimum absolute atomic E-state index is 0.340. The van der Waals surface area contributed by atoms with Crippen LogP contribution in [0.1, 0.15) is 32.1 Å². The number of amides is 1. The highest BCUT2D eigenvalue weighted by atomic mass is 32.1. The zero-order valence-corrected chi connectivity index (χ0v) is 15.9. The van der Waals surface area contributed by atoms with Crippen molar-refractivity contribution < 1.29 is 9.53 Å². The van der Waals surface area contributed by atoms with Crippen LogP contribution in [0.25, 0.3) is 0 Å². The second kappa shape index (κ2) is 8.91. The van der Waals surface area contributed by atoms with Crippen LogP contribution in [0.15, 0.2) is 6.33 Å².